The van der Waals surface area contributed by atoms with Crippen molar-refractivity contribution in [3.8, 4) is 0 Å². The second-order valence-corrected chi connectivity index (χ2v) is 12.5. The average molecular weight is 611 g/mol. The summed E-state index contributed by atoms with van der Waals surface area (Å²) >= 11 is 18.1. The van der Waals surface area contributed by atoms with Crippen LogP contribution < -0.4 is 14.8 Å². The van der Waals surface area contributed by atoms with E-state index in [1.54, 1.807) is 18.2 Å². The molecule has 196 valence electrons. The fourth-order valence-electron chi connectivity index (χ4n) is 3.32. The second-order valence-electron chi connectivity index (χ2n) is 7.86. The van der Waals surface area contributed by atoms with E-state index in [0.717, 1.165) is 0 Å². The first-order valence-electron chi connectivity index (χ1n) is 10.7. The zero-order chi connectivity index (χ0) is 27.5. The van der Waals surface area contributed by atoms with Crippen molar-refractivity contribution < 1.29 is 21.6 Å². The minimum absolute atomic E-state index is 0.0133. The van der Waals surface area contributed by atoms with Crippen LogP contribution in [0.5, 0.6) is 0 Å². The summed E-state index contributed by atoms with van der Waals surface area (Å²) in [7, 11) is -7.78. The van der Waals surface area contributed by atoms with Gasteiger partial charge in [-0.15, -0.1) is 0 Å². The Morgan fingerprint density at radius 2 is 1.11 bits per heavy atom. The van der Waals surface area contributed by atoms with Crippen molar-refractivity contribution in [3.05, 3.63) is 112 Å². The van der Waals surface area contributed by atoms with E-state index < -0.39 is 26.0 Å². The molecule has 4 rings (SSSR count). The molecule has 0 atom stereocenters. The number of amides is 1. The number of carbonyl (C=O) groups is 1. The number of sulfonamides is 2. The fraction of sp³-hybridized carbons (Fsp3) is 0. The van der Waals surface area contributed by atoms with Gasteiger partial charge in [0, 0.05) is 15.7 Å². The third kappa shape index (κ3) is 6.77. The number of rotatable bonds is 8. The Kier molecular flexibility index (Phi) is 8.19. The lowest BCUT2D eigenvalue weighted by molar-refractivity contribution is 0.102. The lowest BCUT2D eigenvalue weighted by Crippen LogP contribution is -2.15. The van der Waals surface area contributed by atoms with Crippen LogP contribution in [0.2, 0.25) is 15.1 Å². The van der Waals surface area contributed by atoms with Crippen molar-refractivity contribution in [3.63, 3.8) is 0 Å². The lowest BCUT2D eigenvalue weighted by Gasteiger charge is -2.12. The van der Waals surface area contributed by atoms with E-state index in [0.29, 0.717) is 5.69 Å². The lowest BCUT2D eigenvalue weighted by atomic mass is 10.2. The Balaban J connectivity index is 1.44. The van der Waals surface area contributed by atoms with Crippen molar-refractivity contribution in [1.82, 2.24) is 0 Å². The topological polar surface area (TPSA) is 121 Å². The maximum atomic E-state index is 12.7. The molecule has 0 saturated carbocycles. The van der Waals surface area contributed by atoms with Gasteiger partial charge in [0.25, 0.3) is 26.0 Å². The first-order chi connectivity index (χ1) is 17.9. The summed E-state index contributed by atoms with van der Waals surface area (Å²) in [5, 5.41) is 3.18. The van der Waals surface area contributed by atoms with Gasteiger partial charge in [0.2, 0.25) is 0 Å². The van der Waals surface area contributed by atoms with E-state index in [2.05, 4.69) is 14.8 Å². The van der Waals surface area contributed by atoms with Crippen LogP contribution in [0.1, 0.15) is 10.4 Å². The molecule has 0 aromatic heterocycles. The molecule has 0 saturated heterocycles. The highest BCUT2D eigenvalue weighted by molar-refractivity contribution is 7.93. The minimum Gasteiger partial charge on any atom is -0.322 e. The summed E-state index contributed by atoms with van der Waals surface area (Å²) in [6.45, 7) is 0. The van der Waals surface area contributed by atoms with Crippen LogP contribution in [0.25, 0.3) is 0 Å². The van der Waals surface area contributed by atoms with Gasteiger partial charge in [0.05, 0.1) is 31.8 Å². The van der Waals surface area contributed by atoms with E-state index in [1.807, 2.05) is 0 Å². The average Bonchev–Trinajstić information content (AvgIpc) is 2.84. The smallest absolute Gasteiger partial charge is 0.261 e. The molecule has 8 nitrogen and oxygen atoms in total. The number of hydrogen-bond acceptors (Lipinski definition) is 5. The zero-order valence-electron chi connectivity index (χ0n) is 19.2. The zero-order valence-corrected chi connectivity index (χ0v) is 23.1. The van der Waals surface area contributed by atoms with Crippen molar-refractivity contribution in [2.45, 2.75) is 9.79 Å². The number of nitrogens with one attached hydrogen (secondary N) is 3. The summed E-state index contributed by atoms with van der Waals surface area (Å²) in [5.74, 6) is -0.574. The maximum absolute atomic E-state index is 12.7. The van der Waals surface area contributed by atoms with Crippen molar-refractivity contribution >= 4 is 77.8 Å². The molecule has 0 fully saturated rings. The van der Waals surface area contributed by atoms with Gasteiger partial charge in [-0.25, -0.2) is 16.8 Å². The fourth-order valence-corrected chi connectivity index (χ4v) is 6.22. The summed E-state index contributed by atoms with van der Waals surface area (Å²) in [6.07, 6.45) is 0. The quantitative estimate of drug-likeness (QED) is 0.210. The number of benzene rings is 4. The Bertz CT molecular complexity index is 1700. The Hall–Kier alpha value is -3.28. The van der Waals surface area contributed by atoms with Gasteiger partial charge < -0.3 is 5.32 Å². The van der Waals surface area contributed by atoms with Crippen LogP contribution in [0.15, 0.2) is 101 Å². The number of carbonyl (C=O) groups excluding carboxylic acids is 1. The van der Waals surface area contributed by atoms with E-state index >= 15 is 0 Å². The molecular formula is C25H18Cl3N3O5S2. The molecule has 0 aliphatic heterocycles. The Morgan fingerprint density at radius 3 is 1.68 bits per heavy atom. The third-order valence-electron chi connectivity index (χ3n) is 5.06. The van der Waals surface area contributed by atoms with Gasteiger partial charge in [-0.2, -0.15) is 0 Å². The first kappa shape index (κ1) is 27.7. The van der Waals surface area contributed by atoms with E-state index in [1.165, 1.54) is 72.8 Å². The van der Waals surface area contributed by atoms with Crippen molar-refractivity contribution in [2.24, 2.45) is 0 Å². The number of halogens is 3. The predicted octanol–water partition coefficient (Wildman–Crippen LogP) is 6.50. The van der Waals surface area contributed by atoms with Crippen LogP contribution in [0, 0.1) is 0 Å². The highest BCUT2D eigenvalue weighted by Gasteiger charge is 2.18. The molecule has 0 spiro atoms. The van der Waals surface area contributed by atoms with Crippen molar-refractivity contribution in [1.29, 1.82) is 0 Å². The molecule has 4 aromatic rings. The standard InChI is InChI=1S/C25H18Cl3N3O5S2/c26-16-12-17(27)14-20(13-16)31-38(35,36)22-9-6-18(7-10-22)29-25(32)23-11-8-19(15-24(23)28)30-37(33,34)21-4-2-1-3-5-21/h1-15,30-31H,(H,29,32). The molecule has 3 N–H and O–H groups in total. The third-order valence-corrected chi connectivity index (χ3v) is 8.60. The minimum atomic E-state index is -3.95. The molecule has 38 heavy (non-hydrogen) atoms. The van der Waals surface area contributed by atoms with Gasteiger partial charge in [0.1, 0.15) is 0 Å². The van der Waals surface area contributed by atoms with Gasteiger partial charge >= 0.3 is 0 Å². The molecular weight excluding hydrogens is 593 g/mol. The van der Waals surface area contributed by atoms with Gasteiger partial charge in [0.15, 0.2) is 0 Å². The van der Waals surface area contributed by atoms with Crippen LogP contribution >= 0.6 is 34.8 Å². The monoisotopic (exact) mass is 609 g/mol. The molecule has 0 unspecified atom stereocenters. The largest absolute Gasteiger partial charge is 0.322 e. The summed E-state index contributed by atoms with van der Waals surface area (Å²) < 4.78 is 55.2. The molecule has 0 heterocycles. The summed E-state index contributed by atoms with van der Waals surface area (Å²) in [5.41, 5.74) is 0.776. The Morgan fingerprint density at radius 1 is 0.579 bits per heavy atom. The number of anilines is 3. The van der Waals surface area contributed by atoms with Crippen LogP contribution in [-0.4, -0.2) is 22.7 Å². The summed E-state index contributed by atoms with van der Waals surface area (Å²) in [4.78, 5) is 12.8. The number of hydrogen-bond donors (Lipinski definition) is 3. The van der Waals surface area contributed by atoms with E-state index in [4.69, 9.17) is 34.8 Å². The van der Waals surface area contributed by atoms with Gasteiger partial charge in [-0.05, 0) is 72.8 Å². The second kappa shape index (κ2) is 11.2. The molecule has 0 aliphatic rings. The van der Waals surface area contributed by atoms with Crippen LogP contribution in [-0.2, 0) is 20.0 Å². The summed E-state index contributed by atoms with van der Waals surface area (Å²) in [6, 6.07) is 21.7. The SMILES string of the molecule is O=C(Nc1ccc(S(=O)(=O)Nc2cc(Cl)cc(Cl)c2)cc1)c1ccc(NS(=O)(=O)c2ccccc2)cc1Cl. The highest BCUT2D eigenvalue weighted by Crippen LogP contribution is 2.27. The van der Waals surface area contributed by atoms with Crippen LogP contribution in [0.4, 0.5) is 17.1 Å². The molecule has 4 aromatic carbocycles. The molecule has 1 amide bonds. The van der Waals surface area contributed by atoms with Gasteiger partial charge in [-0.1, -0.05) is 53.0 Å². The highest BCUT2D eigenvalue weighted by atomic mass is 35.5. The molecule has 0 bridgehead atoms. The van der Waals surface area contributed by atoms with Crippen LogP contribution in [0.3, 0.4) is 0 Å². The van der Waals surface area contributed by atoms with E-state index in [9.17, 15) is 21.6 Å². The maximum Gasteiger partial charge on any atom is 0.261 e. The van der Waals surface area contributed by atoms with E-state index in [-0.39, 0.29) is 41.8 Å². The molecule has 13 heteroatoms. The van der Waals surface area contributed by atoms with Gasteiger partial charge in [-0.3, -0.25) is 14.2 Å². The normalized spacial score (nSPS) is 11.6. The molecule has 0 aliphatic carbocycles. The van der Waals surface area contributed by atoms with Crippen molar-refractivity contribution in [2.75, 3.05) is 14.8 Å². The predicted molar refractivity (Wildman–Crippen MR) is 150 cm³/mol. The first-order valence-corrected chi connectivity index (χ1v) is 14.8. The Labute approximate surface area is 234 Å². The molecule has 0 radical (unpaired) electrons.